The van der Waals surface area contributed by atoms with Crippen LogP contribution in [0.5, 0.6) is 0 Å². The molecule has 5 rings (SSSR count). The molecule has 0 N–H and O–H groups in total. The highest BCUT2D eigenvalue weighted by atomic mass is 32.1. The van der Waals surface area contributed by atoms with E-state index in [0.717, 1.165) is 32.0 Å². The second-order valence-corrected chi connectivity index (χ2v) is 9.31. The number of piperidine rings is 1. The molecule has 0 atom stereocenters. The number of aromatic nitrogens is 1. The third-order valence-corrected chi connectivity index (χ3v) is 7.65. The highest BCUT2D eigenvalue weighted by Gasteiger charge is 2.28. The van der Waals surface area contributed by atoms with Crippen LogP contribution in [-0.2, 0) is 12.8 Å². The van der Waals surface area contributed by atoms with E-state index in [-0.39, 0.29) is 5.91 Å². The van der Waals surface area contributed by atoms with E-state index in [4.69, 9.17) is 0 Å². The molecule has 3 heterocycles. The summed E-state index contributed by atoms with van der Waals surface area (Å²) >= 11 is 1.49. The molecule has 148 valence electrons. The maximum Gasteiger partial charge on any atom is 0.273 e. The van der Waals surface area contributed by atoms with Crippen molar-refractivity contribution in [3.05, 3.63) is 51.5 Å². The normalized spacial score (nSPS) is 21.8. The summed E-state index contributed by atoms with van der Waals surface area (Å²) in [6.45, 7) is 4.14. The Morgan fingerprint density at radius 3 is 2.46 bits per heavy atom. The number of hydrogen-bond acceptors (Lipinski definition) is 4. The van der Waals surface area contributed by atoms with Crippen molar-refractivity contribution in [2.75, 3.05) is 26.2 Å². The molecular formula is C23H29N3OS. The average Bonchev–Trinajstić information content (AvgIpc) is 3.15. The molecule has 0 radical (unpaired) electrons. The predicted octanol–water partition coefficient (Wildman–Crippen LogP) is 4.12. The summed E-state index contributed by atoms with van der Waals surface area (Å²) in [6.07, 6.45) is 8.74. The zero-order valence-corrected chi connectivity index (χ0v) is 17.3. The van der Waals surface area contributed by atoms with Gasteiger partial charge in [0.05, 0.1) is 5.51 Å². The van der Waals surface area contributed by atoms with Crippen molar-refractivity contribution < 1.29 is 4.79 Å². The first-order valence-corrected chi connectivity index (χ1v) is 11.8. The number of amides is 1. The summed E-state index contributed by atoms with van der Waals surface area (Å²) in [6, 6.07) is 8.10. The molecule has 1 aromatic heterocycles. The molecular weight excluding hydrogens is 366 g/mol. The number of hydrogen-bond donors (Lipinski definition) is 0. The molecule has 2 aliphatic heterocycles. The van der Waals surface area contributed by atoms with Crippen molar-refractivity contribution in [1.82, 2.24) is 14.8 Å². The van der Waals surface area contributed by atoms with E-state index in [2.05, 4.69) is 28.1 Å². The number of carbonyl (C=O) groups excluding carboxylic acids is 1. The number of fused-ring (bicyclic) bond motifs is 1. The van der Waals surface area contributed by atoms with Crippen LogP contribution in [0.1, 0.15) is 65.2 Å². The summed E-state index contributed by atoms with van der Waals surface area (Å²) in [5, 5.41) is 1.85. The number of rotatable bonds is 3. The van der Waals surface area contributed by atoms with Gasteiger partial charge in [-0.3, -0.25) is 9.69 Å². The first-order valence-electron chi connectivity index (χ1n) is 10.8. The van der Waals surface area contributed by atoms with Crippen molar-refractivity contribution >= 4 is 17.2 Å². The number of benzene rings is 1. The standard InChI is InChI=1S/C23H29N3OS/c27-23(22-15-28-16-24-22)26-12-7-18(8-13-26)19-5-4-17-6-10-25(21-2-1-3-21)11-9-20(17)14-19/h4-5,14-16,18,21H,1-3,6-13H2. The minimum absolute atomic E-state index is 0.0951. The van der Waals surface area contributed by atoms with Crippen molar-refractivity contribution in [3.63, 3.8) is 0 Å². The number of thiazole rings is 1. The van der Waals surface area contributed by atoms with Crippen molar-refractivity contribution in [2.24, 2.45) is 0 Å². The molecule has 1 aliphatic carbocycles. The quantitative estimate of drug-likeness (QED) is 0.784. The van der Waals surface area contributed by atoms with Crippen LogP contribution in [0.15, 0.2) is 29.1 Å². The molecule has 0 unspecified atom stereocenters. The number of likely N-dealkylation sites (tertiary alicyclic amines) is 1. The molecule has 1 saturated heterocycles. The number of carbonyl (C=O) groups is 1. The van der Waals surface area contributed by atoms with Gasteiger partial charge in [-0.2, -0.15) is 0 Å². The van der Waals surface area contributed by atoms with Crippen molar-refractivity contribution in [2.45, 2.75) is 56.9 Å². The lowest BCUT2D eigenvalue weighted by Gasteiger charge is -2.36. The smallest absolute Gasteiger partial charge is 0.273 e. The van der Waals surface area contributed by atoms with Crippen LogP contribution >= 0.6 is 11.3 Å². The maximum atomic E-state index is 12.5. The van der Waals surface area contributed by atoms with Crippen LogP contribution in [0.3, 0.4) is 0 Å². The summed E-state index contributed by atoms with van der Waals surface area (Å²) in [4.78, 5) is 21.4. The molecule has 28 heavy (non-hydrogen) atoms. The van der Waals surface area contributed by atoms with Crippen LogP contribution in [-0.4, -0.2) is 52.9 Å². The fraction of sp³-hybridized carbons (Fsp3) is 0.565. The fourth-order valence-electron chi connectivity index (χ4n) is 5.03. The fourth-order valence-corrected chi connectivity index (χ4v) is 5.56. The third-order valence-electron chi connectivity index (χ3n) is 7.06. The molecule has 5 heteroatoms. The lowest BCUT2D eigenvalue weighted by atomic mass is 9.87. The minimum atomic E-state index is 0.0951. The largest absolute Gasteiger partial charge is 0.337 e. The van der Waals surface area contributed by atoms with Gasteiger partial charge in [0.1, 0.15) is 5.69 Å². The first-order chi connectivity index (χ1) is 13.8. The van der Waals surface area contributed by atoms with Crippen molar-refractivity contribution in [3.8, 4) is 0 Å². The Hall–Kier alpha value is -1.72. The van der Waals surface area contributed by atoms with Gasteiger partial charge in [0.15, 0.2) is 0 Å². The van der Waals surface area contributed by atoms with Gasteiger partial charge in [0.2, 0.25) is 0 Å². The first kappa shape index (κ1) is 18.3. The monoisotopic (exact) mass is 395 g/mol. The minimum Gasteiger partial charge on any atom is -0.337 e. The Morgan fingerprint density at radius 1 is 1.00 bits per heavy atom. The molecule has 3 aliphatic rings. The van der Waals surface area contributed by atoms with Crippen LogP contribution in [0.2, 0.25) is 0 Å². The molecule has 2 fully saturated rings. The lowest BCUT2D eigenvalue weighted by Crippen LogP contribution is -2.41. The molecule has 1 aromatic carbocycles. The van der Waals surface area contributed by atoms with Crippen molar-refractivity contribution in [1.29, 1.82) is 0 Å². The third kappa shape index (κ3) is 3.62. The zero-order valence-electron chi connectivity index (χ0n) is 16.5. The van der Waals surface area contributed by atoms with E-state index >= 15 is 0 Å². The molecule has 1 amide bonds. The highest BCUT2D eigenvalue weighted by Crippen LogP contribution is 2.32. The Labute approximate surface area is 171 Å². The second kappa shape index (κ2) is 7.96. The Kier molecular flexibility index (Phi) is 5.20. The number of nitrogens with zero attached hydrogens (tertiary/aromatic N) is 3. The van der Waals surface area contributed by atoms with Crippen LogP contribution in [0.4, 0.5) is 0 Å². The van der Waals surface area contributed by atoms with Gasteiger partial charge in [-0.15, -0.1) is 11.3 Å². The summed E-state index contributed by atoms with van der Waals surface area (Å²) < 4.78 is 0. The van der Waals surface area contributed by atoms with E-state index in [1.807, 2.05) is 10.3 Å². The van der Waals surface area contributed by atoms with E-state index in [0.29, 0.717) is 11.6 Å². The van der Waals surface area contributed by atoms with E-state index in [1.54, 1.807) is 16.6 Å². The second-order valence-electron chi connectivity index (χ2n) is 8.59. The highest BCUT2D eigenvalue weighted by molar-refractivity contribution is 7.07. The predicted molar refractivity (Wildman–Crippen MR) is 113 cm³/mol. The van der Waals surface area contributed by atoms with E-state index < -0.39 is 0 Å². The molecule has 2 aromatic rings. The van der Waals surface area contributed by atoms with Gasteiger partial charge in [0.25, 0.3) is 5.91 Å². The van der Waals surface area contributed by atoms with Gasteiger partial charge in [-0.05, 0) is 61.1 Å². The van der Waals surface area contributed by atoms with Gasteiger partial charge >= 0.3 is 0 Å². The topological polar surface area (TPSA) is 36.4 Å². The van der Waals surface area contributed by atoms with Gasteiger partial charge in [0, 0.05) is 37.6 Å². The van der Waals surface area contributed by atoms with E-state index in [9.17, 15) is 4.79 Å². The Bertz CT molecular complexity index is 822. The molecule has 0 spiro atoms. The van der Waals surface area contributed by atoms with Crippen LogP contribution < -0.4 is 0 Å². The summed E-state index contributed by atoms with van der Waals surface area (Å²) in [7, 11) is 0. The summed E-state index contributed by atoms with van der Waals surface area (Å²) in [5.74, 6) is 0.675. The average molecular weight is 396 g/mol. The molecule has 0 bridgehead atoms. The Morgan fingerprint density at radius 2 is 1.79 bits per heavy atom. The maximum absolute atomic E-state index is 12.5. The Balaban J connectivity index is 1.22. The zero-order chi connectivity index (χ0) is 18.9. The van der Waals surface area contributed by atoms with Gasteiger partial charge in [-0.1, -0.05) is 24.6 Å². The van der Waals surface area contributed by atoms with Gasteiger partial charge in [-0.25, -0.2) is 4.98 Å². The van der Waals surface area contributed by atoms with Crippen LogP contribution in [0.25, 0.3) is 0 Å². The van der Waals surface area contributed by atoms with Crippen LogP contribution in [0, 0.1) is 0 Å². The SMILES string of the molecule is O=C(c1cscn1)N1CCC(c2ccc3c(c2)CCN(C2CCC2)CC3)CC1. The molecule has 4 nitrogen and oxygen atoms in total. The lowest BCUT2D eigenvalue weighted by molar-refractivity contribution is 0.0708. The molecule has 1 saturated carbocycles. The van der Waals surface area contributed by atoms with E-state index in [1.165, 1.54) is 62.1 Å². The van der Waals surface area contributed by atoms with Gasteiger partial charge < -0.3 is 4.90 Å². The summed E-state index contributed by atoms with van der Waals surface area (Å²) in [5.41, 5.74) is 6.95.